The van der Waals surface area contributed by atoms with Crippen LogP contribution in [0.3, 0.4) is 0 Å². The van der Waals surface area contributed by atoms with Gasteiger partial charge in [0.15, 0.2) is 0 Å². The molecule has 4 rings (SSSR count). The topological polar surface area (TPSA) is 49.6 Å². The minimum Gasteiger partial charge on any atom is -0.370 e. The predicted octanol–water partition coefficient (Wildman–Crippen LogP) is 2.80. The van der Waals surface area contributed by atoms with Crippen molar-refractivity contribution in [2.75, 3.05) is 24.5 Å². The molecule has 3 aliphatic rings. The van der Waals surface area contributed by atoms with Gasteiger partial charge in [0, 0.05) is 43.2 Å². The third kappa shape index (κ3) is 3.03. The van der Waals surface area contributed by atoms with Crippen LogP contribution in [0, 0.1) is 11.8 Å². The SMILES string of the molecule is NC(=O)[C@@H]1C[C@@H](F)CN1[C@H]1CC[C@@H]2CN(c3csc(C(F)F)c3)C[C@@H]21. The number of amides is 1. The fourth-order valence-corrected chi connectivity index (χ4v) is 5.70. The van der Waals surface area contributed by atoms with Gasteiger partial charge < -0.3 is 10.6 Å². The average molecular weight is 373 g/mol. The van der Waals surface area contributed by atoms with E-state index < -0.39 is 24.5 Å². The summed E-state index contributed by atoms with van der Waals surface area (Å²) in [7, 11) is 0. The maximum absolute atomic E-state index is 13.9. The minimum atomic E-state index is -2.43. The number of rotatable bonds is 4. The highest BCUT2D eigenvalue weighted by Crippen LogP contribution is 2.45. The minimum absolute atomic E-state index is 0.0946. The first-order valence-electron chi connectivity index (χ1n) is 8.74. The van der Waals surface area contributed by atoms with Gasteiger partial charge in [0.2, 0.25) is 5.91 Å². The van der Waals surface area contributed by atoms with Crippen molar-refractivity contribution < 1.29 is 18.0 Å². The summed E-state index contributed by atoms with van der Waals surface area (Å²) in [6, 6.07) is 1.21. The quantitative estimate of drug-likeness (QED) is 0.883. The van der Waals surface area contributed by atoms with E-state index in [0.29, 0.717) is 11.8 Å². The maximum Gasteiger partial charge on any atom is 0.272 e. The highest BCUT2D eigenvalue weighted by atomic mass is 32.1. The van der Waals surface area contributed by atoms with Crippen molar-refractivity contribution in [1.82, 2.24) is 4.90 Å². The lowest BCUT2D eigenvalue weighted by molar-refractivity contribution is -0.123. The van der Waals surface area contributed by atoms with E-state index in [9.17, 15) is 18.0 Å². The van der Waals surface area contributed by atoms with Gasteiger partial charge in [0.05, 0.1) is 10.9 Å². The van der Waals surface area contributed by atoms with Crippen molar-refractivity contribution >= 4 is 22.9 Å². The van der Waals surface area contributed by atoms with Crippen LogP contribution in [-0.2, 0) is 4.79 Å². The number of alkyl halides is 3. The second kappa shape index (κ2) is 6.46. The van der Waals surface area contributed by atoms with Crippen LogP contribution in [-0.4, -0.2) is 48.7 Å². The summed E-state index contributed by atoms with van der Waals surface area (Å²) in [5.74, 6) is 0.354. The van der Waals surface area contributed by atoms with Gasteiger partial charge >= 0.3 is 0 Å². The number of anilines is 1. The molecule has 1 saturated carbocycles. The molecule has 4 nitrogen and oxygen atoms in total. The standard InChI is InChI=1S/C17H22F3N3OS/c18-10-3-14(17(21)24)23(6-10)13-2-1-9-5-22(7-12(9)13)11-4-15(16(19)20)25-8-11/h4,8-10,12-14,16H,1-3,5-7H2,(H2,21,24)/t9-,10-,12+,13+,14+/m1/s1. The van der Waals surface area contributed by atoms with E-state index in [1.54, 1.807) is 11.4 Å². The molecule has 0 spiro atoms. The predicted molar refractivity (Wildman–Crippen MR) is 90.7 cm³/mol. The van der Waals surface area contributed by atoms with Gasteiger partial charge in [0.1, 0.15) is 6.17 Å². The van der Waals surface area contributed by atoms with Crippen LogP contribution in [0.4, 0.5) is 18.9 Å². The van der Waals surface area contributed by atoms with E-state index in [0.717, 1.165) is 43.0 Å². The van der Waals surface area contributed by atoms with Crippen LogP contribution in [0.25, 0.3) is 0 Å². The van der Waals surface area contributed by atoms with Crippen molar-refractivity contribution in [2.24, 2.45) is 17.6 Å². The lowest BCUT2D eigenvalue weighted by atomic mass is 9.96. The summed E-state index contributed by atoms with van der Waals surface area (Å²) in [4.78, 5) is 15.9. The van der Waals surface area contributed by atoms with E-state index >= 15 is 0 Å². The summed E-state index contributed by atoms with van der Waals surface area (Å²) < 4.78 is 39.5. The van der Waals surface area contributed by atoms with Crippen LogP contribution in [0.2, 0.25) is 0 Å². The molecule has 5 atom stereocenters. The lowest BCUT2D eigenvalue weighted by Crippen LogP contribution is -2.48. The molecule has 1 aromatic rings. The van der Waals surface area contributed by atoms with Crippen molar-refractivity contribution in [1.29, 1.82) is 0 Å². The zero-order chi connectivity index (χ0) is 17.7. The molecule has 3 heterocycles. The molecule has 1 aliphatic carbocycles. The summed E-state index contributed by atoms with van der Waals surface area (Å²) in [5.41, 5.74) is 6.33. The first-order chi connectivity index (χ1) is 11.9. The van der Waals surface area contributed by atoms with Gasteiger partial charge in [-0.25, -0.2) is 13.2 Å². The molecule has 2 N–H and O–H groups in total. The van der Waals surface area contributed by atoms with Crippen molar-refractivity contribution in [2.45, 2.75) is 43.9 Å². The fourth-order valence-electron chi connectivity index (χ4n) is 4.94. The van der Waals surface area contributed by atoms with Gasteiger partial charge in [-0.3, -0.25) is 9.69 Å². The largest absolute Gasteiger partial charge is 0.370 e. The number of halogens is 3. The Bertz CT molecular complexity index is 655. The number of nitrogens with zero attached hydrogens (tertiary/aromatic N) is 2. The van der Waals surface area contributed by atoms with Gasteiger partial charge in [-0.2, -0.15) is 0 Å². The number of primary amides is 1. The van der Waals surface area contributed by atoms with Gasteiger partial charge in [-0.1, -0.05) is 0 Å². The highest BCUT2D eigenvalue weighted by Gasteiger charge is 2.49. The molecule has 2 saturated heterocycles. The molecule has 0 radical (unpaired) electrons. The molecule has 0 bridgehead atoms. The third-order valence-corrected chi connectivity index (χ3v) is 6.98. The Balaban J connectivity index is 1.48. The van der Waals surface area contributed by atoms with Crippen LogP contribution in [0.1, 0.15) is 30.6 Å². The zero-order valence-corrected chi connectivity index (χ0v) is 14.6. The smallest absolute Gasteiger partial charge is 0.272 e. The molecule has 0 unspecified atom stereocenters. The van der Waals surface area contributed by atoms with Crippen LogP contribution in [0.5, 0.6) is 0 Å². The summed E-state index contributed by atoms with van der Waals surface area (Å²) in [6.45, 7) is 1.89. The molecular weight excluding hydrogens is 351 g/mol. The monoisotopic (exact) mass is 373 g/mol. The van der Waals surface area contributed by atoms with E-state index in [1.807, 2.05) is 4.90 Å². The number of thiophene rings is 1. The fraction of sp³-hybridized carbons (Fsp3) is 0.706. The zero-order valence-electron chi connectivity index (χ0n) is 13.8. The number of hydrogen-bond donors (Lipinski definition) is 1. The number of fused-ring (bicyclic) bond motifs is 1. The van der Waals surface area contributed by atoms with Gasteiger partial charge in [-0.15, -0.1) is 11.3 Å². The molecule has 1 aromatic heterocycles. The maximum atomic E-state index is 13.9. The Labute approximate surface area is 148 Å². The van der Waals surface area contributed by atoms with Gasteiger partial charge in [-0.05, 0) is 30.7 Å². The van der Waals surface area contributed by atoms with Crippen molar-refractivity contribution in [3.05, 3.63) is 16.3 Å². The summed E-state index contributed by atoms with van der Waals surface area (Å²) >= 11 is 1.09. The lowest BCUT2D eigenvalue weighted by Gasteiger charge is -2.32. The molecule has 0 aromatic carbocycles. The van der Waals surface area contributed by atoms with Crippen molar-refractivity contribution in [3.63, 3.8) is 0 Å². The number of carbonyl (C=O) groups excluding carboxylic acids is 1. The van der Waals surface area contributed by atoms with E-state index in [1.165, 1.54) is 0 Å². The number of likely N-dealkylation sites (tertiary alicyclic amines) is 1. The Morgan fingerprint density at radius 3 is 2.76 bits per heavy atom. The molecule has 138 valence electrons. The highest BCUT2D eigenvalue weighted by molar-refractivity contribution is 7.10. The van der Waals surface area contributed by atoms with E-state index in [2.05, 4.69) is 4.90 Å². The van der Waals surface area contributed by atoms with E-state index in [-0.39, 0.29) is 23.9 Å². The van der Waals surface area contributed by atoms with Crippen LogP contribution >= 0.6 is 11.3 Å². The first-order valence-corrected chi connectivity index (χ1v) is 9.62. The van der Waals surface area contributed by atoms with Crippen LogP contribution < -0.4 is 10.6 Å². The third-order valence-electron chi connectivity index (χ3n) is 6.05. The van der Waals surface area contributed by atoms with Crippen molar-refractivity contribution in [3.8, 4) is 0 Å². The van der Waals surface area contributed by atoms with Crippen LogP contribution in [0.15, 0.2) is 11.4 Å². The Hall–Kier alpha value is -1.28. The normalized spacial score (nSPS) is 35.7. The van der Waals surface area contributed by atoms with Gasteiger partial charge in [0.25, 0.3) is 6.43 Å². The molecule has 2 aliphatic heterocycles. The second-order valence-electron chi connectivity index (χ2n) is 7.43. The molecule has 8 heteroatoms. The summed E-state index contributed by atoms with van der Waals surface area (Å²) in [6.07, 6.45) is -1.27. The average Bonchev–Trinajstić information content (AvgIpc) is 3.28. The number of carbonyl (C=O) groups is 1. The summed E-state index contributed by atoms with van der Waals surface area (Å²) in [5, 5.41) is 1.79. The number of hydrogen-bond acceptors (Lipinski definition) is 4. The Morgan fingerprint density at radius 2 is 2.08 bits per heavy atom. The van der Waals surface area contributed by atoms with E-state index in [4.69, 9.17) is 5.73 Å². The second-order valence-corrected chi connectivity index (χ2v) is 8.37. The molecular formula is C17H22F3N3OS. The molecule has 3 fully saturated rings. The molecule has 25 heavy (non-hydrogen) atoms. The first kappa shape index (κ1) is 17.1. The Kier molecular flexibility index (Phi) is 4.43. The Morgan fingerprint density at radius 1 is 1.28 bits per heavy atom. The number of nitrogens with two attached hydrogens (primary N) is 1. The molecule has 1 amide bonds.